The molecule has 1 amide bonds. The van der Waals surface area contributed by atoms with Crippen molar-refractivity contribution >= 4 is 23.2 Å². The maximum Gasteiger partial charge on any atom is 0.303 e. The molecule has 0 aliphatic carbocycles. The third-order valence-corrected chi connectivity index (χ3v) is 5.60. The molecule has 2 heterocycles. The fraction of sp³-hybridized carbons (Fsp3) is 0.450. The molecule has 0 saturated carbocycles. The fourth-order valence-corrected chi connectivity index (χ4v) is 4.14. The van der Waals surface area contributed by atoms with Gasteiger partial charge < -0.3 is 14.7 Å². The smallest absolute Gasteiger partial charge is 0.303 e. The normalized spacial score (nSPS) is 16.9. The zero-order chi connectivity index (χ0) is 19.2. The number of carbonyl (C=O) groups excluding carboxylic acids is 1. The Morgan fingerprint density at radius 1 is 1.33 bits per heavy atom. The Hall–Kier alpha value is -2.41. The van der Waals surface area contributed by atoms with E-state index in [9.17, 15) is 9.59 Å². The molecule has 0 bridgehead atoms. The van der Waals surface area contributed by atoms with Gasteiger partial charge in [0.1, 0.15) is 16.5 Å². The number of aromatic nitrogens is 1. The minimum Gasteiger partial charge on any atom is -0.494 e. The summed E-state index contributed by atoms with van der Waals surface area (Å²) in [5.41, 5.74) is 1.42. The van der Waals surface area contributed by atoms with Crippen LogP contribution in [0.5, 0.6) is 5.75 Å². The van der Waals surface area contributed by atoms with Crippen LogP contribution in [0.3, 0.4) is 0 Å². The number of carbonyl (C=O) groups is 2. The van der Waals surface area contributed by atoms with E-state index in [0.717, 1.165) is 29.2 Å². The molecule has 1 saturated heterocycles. The van der Waals surface area contributed by atoms with Gasteiger partial charge in [-0.2, -0.15) is 0 Å². The van der Waals surface area contributed by atoms with Crippen LogP contribution in [0.4, 0.5) is 0 Å². The first-order valence-electron chi connectivity index (χ1n) is 9.26. The Morgan fingerprint density at radius 3 is 2.81 bits per heavy atom. The average molecular weight is 388 g/mol. The predicted octanol–water partition coefficient (Wildman–Crippen LogP) is 3.93. The summed E-state index contributed by atoms with van der Waals surface area (Å²) < 4.78 is 5.45. The van der Waals surface area contributed by atoms with Gasteiger partial charge in [0.2, 0.25) is 0 Å². The van der Waals surface area contributed by atoms with Gasteiger partial charge >= 0.3 is 5.97 Å². The van der Waals surface area contributed by atoms with Crippen LogP contribution in [0.25, 0.3) is 10.6 Å². The van der Waals surface area contributed by atoms with Crippen molar-refractivity contribution in [3.63, 3.8) is 0 Å². The monoisotopic (exact) mass is 388 g/mol. The Balaban J connectivity index is 1.64. The second kappa shape index (κ2) is 8.99. The molecule has 1 atom stereocenters. The highest BCUT2D eigenvalue weighted by Crippen LogP contribution is 2.27. The molecule has 1 unspecified atom stereocenters. The number of piperidine rings is 1. The van der Waals surface area contributed by atoms with Crippen LogP contribution >= 0.6 is 11.3 Å². The highest BCUT2D eigenvalue weighted by molar-refractivity contribution is 7.13. The van der Waals surface area contributed by atoms with Gasteiger partial charge in [0, 0.05) is 30.5 Å². The van der Waals surface area contributed by atoms with Gasteiger partial charge in [0.05, 0.1) is 6.61 Å². The van der Waals surface area contributed by atoms with Gasteiger partial charge in [-0.1, -0.05) is 0 Å². The first-order valence-corrected chi connectivity index (χ1v) is 10.1. The zero-order valence-electron chi connectivity index (χ0n) is 15.4. The number of amides is 1. The highest BCUT2D eigenvalue weighted by Gasteiger charge is 2.26. The summed E-state index contributed by atoms with van der Waals surface area (Å²) in [5, 5.41) is 11.5. The summed E-state index contributed by atoms with van der Waals surface area (Å²) in [7, 11) is 0. The van der Waals surface area contributed by atoms with Crippen LogP contribution in [0, 0.1) is 5.92 Å². The lowest BCUT2D eigenvalue weighted by atomic mass is 9.93. The summed E-state index contributed by atoms with van der Waals surface area (Å²) in [6.07, 6.45) is 2.66. The van der Waals surface area contributed by atoms with E-state index in [1.165, 1.54) is 11.3 Å². The second-order valence-electron chi connectivity index (χ2n) is 6.69. The third-order valence-electron chi connectivity index (χ3n) is 4.71. The van der Waals surface area contributed by atoms with E-state index in [0.29, 0.717) is 31.8 Å². The van der Waals surface area contributed by atoms with Crippen LogP contribution in [-0.4, -0.2) is 46.6 Å². The summed E-state index contributed by atoms with van der Waals surface area (Å²) in [5.74, 6) is 0.222. The Labute approximate surface area is 162 Å². The van der Waals surface area contributed by atoms with Crippen molar-refractivity contribution in [2.24, 2.45) is 5.92 Å². The van der Waals surface area contributed by atoms with E-state index in [1.807, 2.05) is 36.1 Å². The van der Waals surface area contributed by atoms with Crippen molar-refractivity contribution in [1.29, 1.82) is 0 Å². The second-order valence-corrected chi connectivity index (χ2v) is 7.55. The van der Waals surface area contributed by atoms with Gasteiger partial charge in [-0.3, -0.25) is 9.59 Å². The SMILES string of the molecule is CCOc1ccc(-c2nc(C(=O)N3CCCC(CCC(=O)O)C3)cs2)cc1. The average Bonchev–Trinajstić information content (AvgIpc) is 3.17. The summed E-state index contributed by atoms with van der Waals surface area (Å²) in [4.78, 5) is 29.9. The molecule has 3 rings (SSSR count). The minimum atomic E-state index is -0.780. The number of carboxylic acids is 1. The van der Waals surface area contributed by atoms with Crippen molar-refractivity contribution < 1.29 is 19.4 Å². The largest absolute Gasteiger partial charge is 0.494 e. The van der Waals surface area contributed by atoms with Crippen LogP contribution in [0.15, 0.2) is 29.6 Å². The number of likely N-dealkylation sites (tertiary alicyclic amines) is 1. The van der Waals surface area contributed by atoms with Gasteiger partial charge in [-0.15, -0.1) is 11.3 Å². The zero-order valence-corrected chi connectivity index (χ0v) is 16.2. The van der Waals surface area contributed by atoms with Crippen molar-refractivity contribution in [3.8, 4) is 16.3 Å². The van der Waals surface area contributed by atoms with E-state index in [1.54, 1.807) is 5.38 Å². The topological polar surface area (TPSA) is 79.7 Å². The molecule has 1 aliphatic heterocycles. The molecule has 1 N–H and O–H groups in total. The molecule has 0 radical (unpaired) electrons. The lowest BCUT2D eigenvalue weighted by Gasteiger charge is -2.32. The Bertz CT molecular complexity index is 788. The van der Waals surface area contributed by atoms with Gasteiger partial charge in [-0.25, -0.2) is 4.98 Å². The molecule has 7 heteroatoms. The minimum absolute atomic E-state index is 0.0662. The van der Waals surface area contributed by atoms with E-state index >= 15 is 0 Å². The number of carboxylic acid groups (broad SMARTS) is 1. The molecule has 1 aromatic carbocycles. The summed E-state index contributed by atoms with van der Waals surface area (Å²) >= 11 is 1.45. The molecular weight excluding hydrogens is 364 g/mol. The maximum atomic E-state index is 12.8. The lowest BCUT2D eigenvalue weighted by molar-refractivity contribution is -0.137. The highest BCUT2D eigenvalue weighted by atomic mass is 32.1. The molecular formula is C20H24N2O4S. The summed E-state index contributed by atoms with van der Waals surface area (Å²) in [6, 6.07) is 7.70. The lowest BCUT2D eigenvalue weighted by Crippen LogP contribution is -2.40. The molecule has 1 aromatic heterocycles. The number of thiazole rings is 1. The molecule has 0 spiro atoms. The Kier molecular flexibility index (Phi) is 6.45. The molecule has 1 fully saturated rings. The number of aliphatic carboxylic acids is 1. The van der Waals surface area contributed by atoms with Crippen LogP contribution in [0.1, 0.15) is 43.1 Å². The number of benzene rings is 1. The van der Waals surface area contributed by atoms with Crippen LogP contribution in [0.2, 0.25) is 0 Å². The van der Waals surface area contributed by atoms with Crippen molar-refractivity contribution in [1.82, 2.24) is 9.88 Å². The van der Waals surface area contributed by atoms with Crippen molar-refractivity contribution in [3.05, 3.63) is 35.3 Å². The fourth-order valence-electron chi connectivity index (χ4n) is 3.34. The number of hydrogen-bond acceptors (Lipinski definition) is 5. The van der Waals surface area contributed by atoms with E-state index in [4.69, 9.17) is 9.84 Å². The number of nitrogens with zero attached hydrogens (tertiary/aromatic N) is 2. The third kappa shape index (κ3) is 5.07. The Morgan fingerprint density at radius 2 is 2.11 bits per heavy atom. The standard InChI is InChI=1S/C20H24N2O4S/c1-2-26-16-8-6-15(7-9-16)19-21-17(13-27-19)20(25)22-11-3-4-14(12-22)5-10-18(23)24/h6-9,13-14H,2-5,10-12H2,1H3,(H,23,24). The van der Waals surface area contributed by atoms with Crippen LogP contribution < -0.4 is 4.74 Å². The first-order chi connectivity index (χ1) is 13.1. The van der Waals surface area contributed by atoms with Gasteiger partial charge in [0.15, 0.2) is 0 Å². The number of ether oxygens (including phenoxy) is 1. The van der Waals surface area contributed by atoms with Gasteiger partial charge in [-0.05, 0) is 56.4 Å². The summed E-state index contributed by atoms with van der Waals surface area (Å²) in [6.45, 7) is 3.89. The van der Waals surface area contributed by atoms with Crippen molar-refractivity contribution in [2.45, 2.75) is 32.6 Å². The van der Waals surface area contributed by atoms with Gasteiger partial charge in [0.25, 0.3) is 5.91 Å². The maximum absolute atomic E-state index is 12.8. The molecule has 27 heavy (non-hydrogen) atoms. The predicted molar refractivity (Wildman–Crippen MR) is 104 cm³/mol. The number of rotatable bonds is 7. The van der Waals surface area contributed by atoms with E-state index in [-0.39, 0.29) is 18.2 Å². The molecule has 2 aromatic rings. The van der Waals surface area contributed by atoms with E-state index < -0.39 is 5.97 Å². The van der Waals surface area contributed by atoms with E-state index in [2.05, 4.69) is 4.98 Å². The quantitative estimate of drug-likeness (QED) is 0.777. The van der Waals surface area contributed by atoms with Crippen molar-refractivity contribution in [2.75, 3.05) is 19.7 Å². The molecule has 144 valence electrons. The first kappa shape index (κ1) is 19.4. The molecule has 1 aliphatic rings. The number of hydrogen-bond donors (Lipinski definition) is 1. The molecule has 6 nitrogen and oxygen atoms in total. The van der Waals surface area contributed by atoms with Crippen LogP contribution in [-0.2, 0) is 4.79 Å².